The van der Waals surface area contributed by atoms with Gasteiger partial charge in [-0.25, -0.2) is 14.5 Å². The van der Waals surface area contributed by atoms with Crippen molar-refractivity contribution in [3.05, 3.63) is 18.2 Å². The second kappa shape index (κ2) is 4.47. The molecular formula is C11H17N5. The number of anilines is 1. The van der Waals surface area contributed by atoms with Gasteiger partial charge in [0.15, 0.2) is 11.5 Å². The minimum absolute atomic E-state index is 0.438. The van der Waals surface area contributed by atoms with E-state index in [4.69, 9.17) is 5.73 Å². The Balaban J connectivity index is 2.48. The number of nitrogens with two attached hydrogens (primary N) is 1. The number of hydrogen-bond acceptors (Lipinski definition) is 4. The van der Waals surface area contributed by atoms with Gasteiger partial charge in [-0.1, -0.05) is 20.3 Å². The Labute approximate surface area is 94.7 Å². The molecule has 0 amide bonds. The summed E-state index contributed by atoms with van der Waals surface area (Å²) in [7, 11) is 0. The Morgan fingerprint density at radius 2 is 2.19 bits per heavy atom. The van der Waals surface area contributed by atoms with E-state index in [-0.39, 0.29) is 0 Å². The van der Waals surface area contributed by atoms with E-state index in [1.807, 2.05) is 10.7 Å². The van der Waals surface area contributed by atoms with Gasteiger partial charge in [0, 0.05) is 5.92 Å². The molecule has 0 saturated carbocycles. The van der Waals surface area contributed by atoms with Gasteiger partial charge in [-0.15, -0.1) is 0 Å². The lowest BCUT2D eigenvalue weighted by molar-refractivity contribution is 0.567. The molecule has 1 atom stereocenters. The molecule has 0 aliphatic heterocycles. The van der Waals surface area contributed by atoms with Gasteiger partial charge in [-0.3, -0.25) is 0 Å². The molecule has 2 aromatic rings. The van der Waals surface area contributed by atoms with Crippen LogP contribution in [0.15, 0.2) is 12.5 Å². The van der Waals surface area contributed by atoms with Crippen molar-refractivity contribution in [1.82, 2.24) is 19.6 Å². The molecule has 16 heavy (non-hydrogen) atoms. The van der Waals surface area contributed by atoms with Gasteiger partial charge in [0.25, 0.3) is 0 Å². The summed E-state index contributed by atoms with van der Waals surface area (Å²) in [5.41, 5.74) is 7.54. The maximum atomic E-state index is 5.75. The first-order valence-electron chi connectivity index (χ1n) is 5.72. The number of nitrogens with zero attached hydrogens (tertiary/aromatic N) is 4. The van der Waals surface area contributed by atoms with Crippen LogP contribution in [0.5, 0.6) is 0 Å². The molecule has 5 nitrogen and oxygen atoms in total. The molecule has 86 valence electrons. The molecule has 2 N–H and O–H groups in total. The number of aromatic nitrogens is 4. The maximum Gasteiger partial charge on any atom is 0.196 e. The number of imidazole rings is 1. The van der Waals surface area contributed by atoms with E-state index in [1.165, 1.54) is 6.33 Å². The summed E-state index contributed by atoms with van der Waals surface area (Å²) in [5.74, 6) is 0.932. The Kier molecular flexibility index (Phi) is 3.03. The van der Waals surface area contributed by atoms with Crippen molar-refractivity contribution in [3.63, 3.8) is 0 Å². The molecule has 0 saturated heterocycles. The van der Waals surface area contributed by atoms with Gasteiger partial charge in [-0.05, 0) is 12.8 Å². The topological polar surface area (TPSA) is 69.1 Å². The minimum atomic E-state index is 0.438. The average molecular weight is 219 g/mol. The second-order valence-corrected chi connectivity index (χ2v) is 3.96. The Morgan fingerprint density at radius 3 is 2.88 bits per heavy atom. The molecule has 0 fully saturated rings. The third-order valence-corrected chi connectivity index (χ3v) is 2.91. The molecule has 2 aromatic heterocycles. The molecule has 0 bridgehead atoms. The summed E-state index contributed by atoms with van der Waals surface area (Å²) in [6.45, 7) is 4.37. The molecule has 0 radical (unpaired) electrons. The van der Waals surface area contributed by atoms with Crippen LogP contribution >= 0.6 is 0 Å². The van der Waals surface area contributed by atoms with E-state index in [2.05, 4.69) is 28.9 Å². The van der Waals surface area contributed by atoms with Crippen LogP contribution in [0.3, 0.4) is 0 Å². The van der Waals surface area contributed by atoms with Crippen LogP contribution in [-0.4, -0.2) is 19.6 Å². The monoisotopic (exact) mass is 219 g/mol. The number of nitrogen functional groups attached to an aromatic ring is 1. The molecule has 2 heterocycles. The van der Waals surface area contributed by atoms with E-state index < -0.39 is 0 Å². The normalized spacial score (nSPS) is 13.1. The molecule has 0 spiro atoms. The third-order valence-electron chi connectivity index (χ3n) is 2.91. The van der Waals surface area contributed by atoms with Crippen LogP contribution in [0.4, 0.5) is 5.82 Å². The fourth-order valence-electron chi connectivity index (χ4n) is 2.04. The van der Waals surface area contributed by atoms with Crippen LogP contribution < -0.4 is 5.73 Å². The van der Waals surface area contributed by atoms with Crippen molar-refractivity contribution in [3.8, 4) is 0 Å². The fourth-order valence-corrected chi connectivity index (χ4v) is 2.04. The zero-order valence-corrected chi connectivity index (χ0v) is 9.72. The van der Waals surface area contributed by atoms with Gasteiger partial charge in [0.2, 0.25) is 0 Å². The van der Waals surface area contributed by atoms with Crippen molar-refractivity contribution >= 4 is 11.5 Å². The standard InChI is InChI=1S/C11H17N5/c1-3-5-8(4-2)9-6-13-11-10(12)14-7-15-16(9)11/h6-8H,3-5H2,1-2H3,(H2,12,14,15). The van der Waals surface area contributed by atoms with Crippen LogP contribution in [0.1, 0.15) is 44.7 Å². The lowest BCUT2D eigenvalue weighted by Crippen LogP contribution is -2.06. The molecule has 0 aliphatic rings. The maximum absolute atomic E-state index is 5.75. The fraction of sp³-hybridized carbons (Fsp3) is 0.545. The second-order valence-electron chi connectivity index (χ2n) is 3.96. The lowest BCUT2D eigenvalue weighted by Gasteiger charge is -2.12. The van der Waals surface area contributed by atoms with Gasteiger partial charge < -0.3 is 5.73 Å². The first-order chi connectivity index (χ1) is 7.77. The van der Waals surface area contributed by atoms with Crippen molar-refractivity contribution < 1.29 is 0 Å². The quantitative estimate of drug-likeness (QED) is 0.853. The van der Waals surface area contributed by atoms with E-state index in [0.29, 0.717) is 17.4 Å². The highest BCUT2D eigenvalue weighted by molar-refractivity contribution is 5.58. The SMILES string of the molecule is CCCC(CC)c1cnc2c(N)ncnn12. The van der Waals surface area contributed by atoms with Crippen LogP contribution in [0.2, 0.25) is 0 Å². The number of hydrogen-bond donors (Lipinski definition) is 1. The Hall–Kier alpha value is -1.65. The minimum Gasteiger partial charge on any atom is -0.381 e. The first kappa shape index (κ1) is 10.9. The van der Waals surface area contributed by atoms with Gasteiger partial charge in [-0.2, -0.15) is 5.10 Å². The van der Waals surface area contributed by atoms with Crippen LogP contribution in [-0.2, 0) is 0 Å². The molecule has 2 rings (SSSR count). The molecule has 1 unspecified atom stereocenters. The van der Waals surface area contributed by atoms with Gasteiger partial charge in [0.05, 0.1) is 11.9 Å². The van der Waals surface area contributed by atoms with Crippen molar-refractivity contribution in [2.45, 2.75) is 39.0 Å². The van der Waals surface area contributed by atoms with E-state index in [9.17, 15) is 0 Å². The largest absolute Gasteiger partial charge is 0.381 e. The summed E-state index contributed by atoms with van der Waals surface area (Å²) in [6, 6.07) is 0. The summed E-state index contributed by atoms with van der Waals surface area (Å²) in [4.78, 5) is 8.22. The number of rotatable bonds is 4. The van der Waals surface area contributed by atoms with Crippen molar-refractivity contribution in [2.24, 2.45) is 0 Å². The lowest BCUT2D eigenvalue weighted by atomic mass is 9.98. The van der Waals surface area contributed by atoms with Crippen molar-refractivity contribution in [1.29, 1.82) is 0 Å². The van der Waals surface area contributed by atoms with E-state index in [1.54, 1.807) is 0 Å². The highest BCUT2D eigenvalue weighted by Gasteiger charge is 2.15. The molecule has 5 heteroatoms. The highest BCUT2D eigenvalue weighted by Crippen LogP contribution is 2.25. The third kappa shape index (κ3) is 1.73. The van der Waals surface area contributed by atoms with E-state index in [0.717, 1.165) is 25.0 Å². The average Bonchev–Trinajstić information content (AvgIpc) is 2.71. The number of fused-ring (bicyclic) bond motifs is 1. The smallest absolute Gasteiger partial charge is 0.196 e. The van der Waals surface area contributed by atoms with Gasteiger partial charge in [0.1, 0.15) is 6.33 Å². The Morgan fingerprint density at radius 1 is 1.38 bits per heavy atom. The first-order valence-corrected chi connectivity index (χ1v) is 5.72. The molecule has 0 aliphatic carbocycles. The summed E-state index contributed by atoms with van der Waals surface area (Å²) < 4.78 is 1.81. The summed E-state index contributed by atoms with van der Waals surface area (Å²) >= 11 is 0. The van der Waals surface area contributed by atoms with Crippen LogP contribution in [0, 0.1) is 0 Å². The summed E-state index contributed by atoms with van der Waals surface area (Å²) in [6.07, 6.45) is 6.74. The zero-order chi connectivity index (χ0) is 11.5. The van der Waals surface area contributed by atoms with Crippen molar-refractivity contribution in [2.75, 3.05) is 5.73 Å². The van der Waals surface area contributed by atoms with E-state index >= 15 is 0 Å². The van der Waals surface area contributed by atoms with Crippen LogP contribution in [0.25, 0.3) is 5.65 Å². The Bertz CT molecular complexity index is 476. The molecular weight excluding hydrogens is 202 g/mol. The predicted molar refractivity (Wildman–Crippen MR) is 63.1 cm³/mol. The highest BCUT2D eigenvalue weighted by atomic mass is 15.3. The summed E-state index contributed by atoms with van der Waals surface area (Å²) in [5, 5.41) is 4.22. The van der Waals surface area contributed by atoms with Gasteiger partial charge >= 0.3 is 0 Å². The molecule has 0 aromatic carbocycles. The predicted octanol–water partition coefficient (Wildman–Crippen LogP) is 2.00. The zero-order valence-electron chi connectivity index (χ0n) is 9.72.